The standard InChI is InChI=1S/C15H13N7O2/c1-9-8-24-15(17-9)19-14-16-7-12-13(18-14)22(21-20-12)10-3-5-11(23-2)6-4-10/h3-7H,8H2,1-2H3/b19-15-. The fourth-order valence-corrected chi connectivity index (χ4v) is 2.21. The predicted octanol–water partition coefficient (Wildman–Crippen LogP) is 1.70. The maximum Gasteiger partial charge on any atom is 0.320 e. The van der Waals surface area contributed by atoms with Gasteiger partial charge in [-0.3, -0.25) is 0 Å². The molecule has 0 aliphatic carbocycles. The van der Waals surface area contributed by atoms with Gasteiger partial charge < -0.3 is 9.47 Å². The molecule has 0 spiro atoms. The van der Waals surface area contributed by atoms with E-state index >= 15 is 0 Å². The zero-order chi connectivity index (χ0) is 16.5. The quantitative estimate of drug-likeness (QED) is 0.727. The number of hydrogen-bond acceptors (Lipinski definition) is 7. The van der Waals surface area contributed by atoms with Crippen molar-refractivity contribution in [3.05, 3.63) is 30.5 Å². The van der Waals surface area contributed by atoms with E-state index in [0.717, 1.165) is 17.1 Å². The van der Waals surface area contributed by atoms with Crippen LogP contribution in [0.4, 0.5) is 5.95 Å². The van der Waals surface area contributed by atoms with Crippen LogP contribution in [0.2, 0.25) is 0 Å². The van der Waals surface area contributed by atoms with Gasteiger partial charge >= 0.3 is 6.02 Å². The number of ether oxygens (including phenoxy) is 2. The van der Waals surface area contributed by atoms with Crippen molar-refractivity contribution in [2.75, 3.05) is 13.7 Å². The number of methoxy groups -OCH3 is 1. The second kappa shape index (κ2) is 5.69. The smallest absolute Gasteiger partial charge is 0.320 e. The molecule has 0 radical (unpaired) electrons. The van der Waals surface area contributed by atoms with Crippen LogP contribution in [0.25, 0.3) is 16.9 Å². The average molecular weight is 323 g/mol. The Bertz CT molecular complexity index is 960. The molecular weight excluding hydrogens is 310 g/mol. The van der Waals surface area contributed by atoms with E-state index in [-0.39, 0.29) is 12.0 Å². The third kappa shape index (κ3) is 2.56. The summed E-state index contributed by atoms with van der Waals surface area (Å²) >= 11 is 0. The van der Waals surface area contributed by atoms with Gasteiger partial charge in [-0.2, -0.15) is 14.7 Å². The van der Waals surface area contributed by atoms with Crippen LogP contribution < -0.4 is 4.74 Å². The Morgan fingerprint density at radius 2 is 2.08 bits per heavy atom. The Kier molecular flexibility index (Phi) is 3.38. The molecule has 24 heavy (non-hydrogen) atoms. The lowest BCUT2D eigenvalue weighted by molar-refractivity contribution is 0.374. The van der Waals surface area contributed by atoms with Crippen LogP contribution in [-0.4, -0.2) is 50.4 Å². The van der Waals surface area contributed by atoms with Crippen LogP contribution >= 0.6 is 0 Å². The van der Waals surface area contributed by atoms with Crippen molar-refractivity contribution in [2.24, 2.45) is 9.98 Å². The first-order valence-electron chi connectivity index (χ1n) is 7.21. The largest absolute Gasteiger partial charge is 0.497 e. The number of fused-ring (bicyclic) bond motifs is 1. The lowest BCUT2D eigenvalue weighted by Gasteiger charge is -2.03. The summed E-state index contributed by atoms with van der Waals surface area (Å²) in [6, 6.07) is 7.68. The molecular formula is C15H13N7O2. The average Bonchev–Trinajstić information content (AvgIpc) is 3.21. The summed E-state index contributed by atoms with van der Waals surface area (Å²) in [5, 5.41) is 8.19. The van der Waals surface area contributed by atoms with Crippen LogP contribution in [0.1, 0.15) is 6.92 Å². The summed E-state index contributed by atoms with van der Waals surface area (Å²) in [6.07, 6.45) is 1.57. The first kappa shape index (κ1) is 14.2. The molecule has 3 aromatic rings. The molecule has 1 aliphatic rings. The summed E-state index contributed by atoms with van der Waals surface area (Å²) in [5.41, 5.74) is 2.79. The van der Waals surface area contributed by atoms with Crippen molar-refractivity contribution < 1.29 is 9.47 Å². The molecule has 0 bridgehead atoms. The van der Waals surface area contributed by atoms with E-state index in [1.54, 1.807) is 18.0 Å². The van der Waals surface area contributed by atoms with Gasteiger partial charge in [-0.05, 0) is 31.2 Å². The first-order chi connectivity index (χ1) is 11.7. The van der Waals surface area contributed by atoms with Gasteiger partial charge in [0.15, 0.2) is 11.2 Å². The van der Waals surface area contributed by atoms with Crippen LogP contribution in [0.5, 0.6) is 5.75 Å². The van der Waals surface area contributed by atoms with E-state index in [1.807, 2.05) is 31.2 Å². The van der Waals surface area contributed by atoms with Gasteiger partial charge in [-0.1, -0.05) is 5.21 Å². The summed E-state index contributed by atoms with van der Waals surface area (Å²) < 4.78 is 12.1. The van der Waals surface area contributed by atoms with E-state index in [1.165, 1.54) is 0 Å². The van der Waals surface area contributed by atoms with E-state index in [0.29, 0.717) is 17.8 Å². The molecule has 0 saturated heterocycles. The van der Waals surface area contributed by atoms with Gasteiger partial charge in [0.2, 0.25) is 0 Å². The summed E-state index contributed by atoms with van der Waals surface area (Å²) in [6.45, 7) is 2.31. The van der Waals surface area contributed by atoms with Crippen LogP contribution in [0, 0.1) is 0 Å². The Balaban J connectivity index is 1.75. The summed E-state index contributed by atoms with van der Waals surface area (Å²) in [7, 11) is 1.62. The second-order valence-electron chi connectivity index (χ2n) is 5.11. The molecule has 120 valence electrons. The highest BCUT2D eigenvalue weighted by Crippen LogP contribution is 2.19. The molecule has 2 aromatic heterocycles. The van der Waals surface area contributed by atoms with Gasteiger partial charge in [0.25, 0.3) is 5.95 Å². The van der Waals surface area contributed by atoms with Gasteiger partial charge in [0.1, 0.15) is 12.4 Å². The minimum absolute atomic E-state index is 0.244. The highest BCUT2D eigenvalue weighted by molar-refractivity contribution is 5.99. The number of aromatic nitrogens is 5. The molecule has 0 N–H and O–H groups in total. The van der Waals surface area contributed by atoms with Crippen molar-refractivity contribution >= 4 is 28.8 Å². The fraction of sp³-hybridized carbons (Fsp3) is 0.200. The molecule has 0 fully saturated rings. The lowest BCUT2D eigenvalue weighted by Crippen LogP contribution is -1.99. The highest BCUT2D eigenvalue weighted by atomic mass is 16.5. The zero-order valence-corrected chi connectivity index (χ0v) is 13.0. The maximum atomic E-state index is 5.32. The number of nitrogens with zero attached hydrogens (tertiary/aromatic N) is 7. The van der Waals surface area contributed by atoms with Crippen LogP contribution in [-0.2, 0) is 4.74 Å². The molecule has 1 aliphatic heterocycles. The molecule has 9 nitrogen and oxygen atoms in total. The fourth-order valence-electron chi connectivity index (χ4n) is 2.21. The minimum atomic E-state index is 0.244. The van der Waals surface area contributed by atoms with E-state index < -0.39 is 0 Å². The third-order valence-electron chi connectivity index (χ3n) is 3.39. The summed E-state index contributed by atoms with van der Waals surface area (Å²) in [5.74, 6) is 1.00. The molecule has 0 unspecified atom stereocenters. The Labute approximate surface area is 136 Å². The first-order valence-corrected chi connectivity index (χ1v) is 7.21. The maximum absolute atomic E-state index is 5.32. The van der Waals surface area contributed by atoms with E-state index in [9.17, 15) is 0 Å². The third-order valence-corrected chi connectivity index (χ3v) is 3.39. The molecule has 0 amide bonds. The van der Waals surface area contributed by atoms with Crippen molar-refractivity contribution in [2.45, 2.75) is 6.92 Å². The molecule has 0 atom stereocenters. The Morgan fingerprint density at radius 1 is 1.25 bits per heavy atom. The lowest BCUT2D eigenvalue weighted by atomic mass is 10.3. The number of hydrogen-bond donors (Lipinski definition) is 0. The monoisotopic (exact) mass is 323 g/mol. The number of aliphatic imine (C=N–C) groups is 2. The molecule has 4 rings (SSSR count). The molecule has 3 heterocycles. The van der Waals surface area contributed by atoms with Gasteiger partial charge in [0.05, 0.1) is 24.7 Å². The molecule has 0 saturated carbocycles. The van der Waals surface area contributed by atoms with Gasteiger partial charge in [-0.15, -0.1) is 5.10 Å². The zero-order valence-electron chi connectivity index (χ0n) is 13.0. The van der Waals surface area contributed by atoms with Gasteiger partial charge in [0, 0.05) is 0 Å². The van der Waals surface area contributed by atoms with Gasteiger partial charge in [-0.25, -0.2) is 9.98 Å². The number of rotatable bonds is 3. The Hall–Kier alpha value is -3.36. The normalized spacial score (nSPS) is 15.6. The molecule has 9 heteroatoms. The van der Waals surface area contributed by atoms with Crippen molar-refractivity contribution in [3.63, 3.8) is 0 Å². The predicted molar refractivity (Wildman–Crippen MR) is 87.2 cm³/mol. The number of benzene rings is 1. The summed E-state index contributed by atoms with van der Waals surface area (Å²) in [4.78, 5) is 16.9. The van der Waals surface area contributed by atoms with E-state index in [2.05, 4.69) is 30.3 Å². The Morgan fingerprint density at radius 3 is 2.79 bits per heavy atom. The van der Waals surface area contributed by atoms with E-state index in [4.69, 9.17) is 9.47 Å². The SMILES string of the molecule is COc1ccc(-n2nnc3cnc(/N=C4/N=C(C)CO4)nc32)cc1. The van der Waals surface area contributed by atoms with Crippen molar-refractivity contribution in [1.29, 1.82) is 0 Å². The van der Waals surface area contributed by atoms with Crippen molar-refractivity contribution in [3.8, 4) is 11.4 Å². The van der Waals surface area contributed by atoms with Crippen LogP contribution in [0.3, 0.4) is 0 Å². The van der Waals surface area contributed by atoms with Crippen molar-refractivity contribution in [1.82, 2.24) is 25.0 Å². The molecule has 1 aromatic carbocycles. The second-order valence-corrected chi connectivity index (χ2v) is 5.11. The highest BCUT2D eigenvalue weighted by Gasteiger charge is 2.13. The van der Waals surface area contributed by atoms with Crippen LogP contribution in [0.15, 0.2) is 40.4 Å². The number of amidine groups is 1. The minimum Gasteiger partial charge on any atom is -0.497 e. The topological polar surface area (TPSA) is 99.7 Å².